The van der Waals surface area contributed by atoms with Gasteiger partial charge in [0.15, 0.2) is 0 Å². The summed E-state index contributed by atoms with van der Waals surface area (Å²) >= 11 is 5.89. The van der Waals surface area contributed by atoms with E-state index < -0.39 is 5.97 Å². The molecule has 1 unspecified atom stereocenters. The number of aliphatic carboxylic acids is 1. The Morgan fingerprint density at radius 3 is 2.75 bits per heavy atom. The van der Waals surface area contributed by atoms with Gasteiger partial charge in [-0.3, -0.25) is 4.79 Å². The Balaban J connectivity index is 2.58. The van der Waals surface area contributed by atoms with Crippen LogP contribution in [0.15, 0.2) is 24.3 Å². The second-order valence-electron chi connectivity index (χ2n) is 3.94. The molecule has 2 N–H and O–H groups in total. The second-order valence-corrected chi connectivity index (χ2v) is 4.38. The molecule has 0 aliphatic carbocycles. The molecule has 0 heterocycles. The Morgan fingerprint density at radius 2 is 2.19 bits per heavy atom. The average molecular weight is 242 g/mol. The summed E-state index contributed by atoms with van der Waals surface area (Å²) in [6, 6.07) is 7.58. The van der Waals surface area contributed by atoms with Crippen molar-refractivity contribution in [2.75, 3.05) is 0 Å². The Bertz CT molecular complexity index is 368. The zero-order valence-electron chi connectivity index (χ0n) is 9.40. The smallest absolute Gasteiger partial charge is 0.304 e. The second kappa shape index (κ2) is 5.87. The molecule has 0 saturated carbocycles. The monoisotopic (exact) mass is 241 g/mol. The van der Waals surface area contributed by atoms with Gasteiger partial charge in [0.2, 0.25) is 0 Å². The molecule has 0 fully saturated rings. The summed E-state index contributed by atoms with van der Waals surface area (Å²) in [6.45, 7) is 3.85. The molecule has 0 amide bonds. The fraction of sp³-hybridized carbons (Fsp3) is 0.417. The van der Waals surface area contributed by atoms with Crippen LogP contribution in [0.25, 0.3) is 0 Å². The van der Waals surface area contributed by atoms with E-state index in [9.17, 15) is 4.79 Å². The summed E-state index contributed by atoms with van der Waals surface area (Å²) in [5.74, 6) is -0.793. The number of carbonyl (C=O) groups is 1. The van der Waals surface area contributed by atoms with Crippen LogP contribution >= 0.6 is 11.6 Å². The van der Waals surface area contributed by atoms with Crippen LogP contribution in [-0.2, 0) is 4.79 Å². The highest BCUT2D eigenvalue weighted by atomic mass is 35.5. The van der Waals surface area contributed by atoms with Crippen LogP contribution in [0.5, 0.6) is 0 Å². The molecule has 0 aliphatic rings. The predicted octanol–water partition coefficient (Wildman–Crippen LogP) is 2.85. The van der Waals surface area contributed by atoms with Crippen LogP contribution in [0.2, 0.25) is 5.02 Å². The molecule has 0 spiro atoms. The number of carboxylic acids is 1. The molecule has 0 bridgehead atoms. The lowest BCUT2D eigenvalue weighted by Crippen LogP contribution is -2.30. The van der Waals surface area contributed by atoms with Crippen molar-refractivity contribution in [1.29, 1.82) is 0 Å². The van der Waals surface area contributed by atoms with E-state index >= 15 is 0 Å². The summed E-state index contributed by atoms with van der Waals surface area (Å²) in [6.07, 6.45) is 0.116. The first-order valence-electron chi connectivity index (χ1n) is 5.22. The third-order valence-electron chi connectivity index (χ3n) is 2.36. The summed E-state index contributed by atoms with van der Waals surface area (Å²) in [4.78, 5) is 10.5. The standard InChI is InChI=1S/C12H16ClNO2/c1-8(6-12(15)16)14-9(2)10-4-3-5-11(13)7-10/h3-5,7-9,14H,6H2,1-2H3,(H,15,16)/t8?,9-/m1/s1. The summed E-state index contributed by atoms with van der Waals surface area (Å²) < 4.78 is 0. The molecule has 4 heteroatoms. The van der Waals surface area contributed by atoms with E-state index in [2.05, 4.69) is 5.32 Å². The zero-order chi connectivity index (χ0) is 12.1. The summed E-state index contributed by atoms with van der Waals surface area (Å²) in [5.41, 5.74) is 1.06. The van der Waals surface area contributed by atoms with E-state index in [0.29, 0.717) is 5.02 Å². The highest BCUT2D eigenvalue weighted by Crippen LogP contribution is 2.18. The zero-order valence-corrected chi connectivity index (χ0v) is 10.2. The van der Waals surface area contributed by atoms with Crippen molar-refractivity contribution in [3.05, 3.63) is 34.9 Å². The topological polar surface area (TPSA) is 49.3 Å². The molecule has 1 aromatic carbocycles. The molecule has 1 aromatic rings. The Kier molecular flexibility index (Phi) is 4.77. The lowest BCUT2D eigenvalue weighted by molar-refractivity contribution is -0.137. The molecular formula is C12H16ClNO2. The molecule has 88 valence electrons. The highest BCUT2D eigenvalue weighted by Gasteiger charge is 2.12. The number of rotatable bonds is 5. The first-order valence-corrected chi connectivity index (χ1v) is 5.60. The molecule has 0 aliphatic heterocycles. The minimum atomic E-state index is -0.793. The fourth-order valence-electron chi connectivity index (χ4n) is 1.62. The van der Waals surface area contributed by atoms with Crippen LogP contribution in [-0.4, -0.2) is 17.1 Å². The first-order chi connectivity index (χ1) is 7.49. The van der Waals surface area contributed by atoms with Crippen molar-refractivity contribution in [2.24, 2.45) is 0 Å². The third kappa shape index (κ3) is 4.21. The van der Waals surface area contributed by atoms with E-state index in [1.807, 2.05) is 38.1 Å². The maximum absolute atomic E-state index is 10.5. The molecule has 2 atom stereocenters. The normalized spacial score (nSPS) is 14.4. The number of hydrogen-bond donors (Lipinski definition) is 2. The molecule has 16 heavy (non-hydrogen) atoms. The third-order valence-corrected chi connectivity index (χ3v) is 2.60. The summed E-state index contributed by atoms with van der Waals surface area (Å²) in [7, 11) is 0. The van der Waals surface area contributed by atoms with E-state index in [1.54, 1.807) is 0 Å². The quantitative estimate of drug-likeness (QED) is 0.834. The van der Waals surface area contributed by atoms with Crippen LogP contribution < -0.4 is 5.32 Å². The number of halogens is 1. The van der Waals surface area contributed by atoms with Gasteiger partial charge in [-0.1, -0.05) is 23.7 Å². The number of hydrogen-bond acceptors (Lipinski definition) is 2. The molecule has 3 nitrogen and oxygen atoms in total. The predicted molar refractivity (Wildman–Crippen MR) is 64.7 cm³/mol. The van der Waals surface area contributed by atoms with Gasteiger partial charge in [0.25, 0.3) is 0 Å². The van der Waals surface area contributed by atoms with Gasteiger partial charge in [0.1, 0.15) is 0 Å². The largest absolute Gasteiger partial charge is 0.481 e. The van der Waals surface area contributed by atoms with Gasteiger partial charge >= 0.3 is 5.97 Å². The molecule has 0 radical (unpaired) electrons. The van der Waals surface area contributed by atoms with Crippen LogP contribution in [0.1, 0.15) is 31.9 Å². The van der Waals surface area contributed by atoms with Gasteiger partial charge in [-0.05, 0) is 31.5 Å². The fourth-order valence-corrected chi connectivity index (χ4v) is 1.82. The number of benzene rings is 1. The van der Waals surface area contributed by atoms with Crippen molar-refractivity contribution in [1.82, 2.24) is 5.32 Å². The van der Waals surface area contributed by atoms with Crippen molar-refractivity contribution in [3.63, 3.8) is 0 Å². The summed E-state index contributed by atoms with van der Waals surface area (Å²) in [5, 5.41) is 12.6. The number of nitrogens with one attached hydrogen (secondary N) is 1. The minimum Gasteiger partial charge on any atom is -0.481 e. The minimum absolute atomic E-state index is 0.0634. The van der Waals surface area contributed by atoms with Gasteiger partial charge in [-0.25, -0.2) is 0 Å². The maximum atomic E-state index is 10.5. The van der Waals surface area contributed by atoms with Crippen LogP contribution in [0.4, 0.5) is 0 Å². The molecule has 0 aromatic heterocycles. The van der Waals surface area contributed by atoms with Crippen molar-refractivity contribution >= 4 is 17.6 Å². The molecular weight excluding hydrogens is 226 g/mol. The molecule has 0 saturated heterocycles. The first kappa shape index (κ1) is 13.0. The molecule has 1 rings (SSSR count). The van der Waals surface area contributed by atoms with Gasteiger partial charge in [-0.15, -0.1) is 0 Å². The van der Waals surface area contributed by atoms with Gasteiger partial charge in [-0.2, -0.15) is 0 Å². The van der Waals surface area contributed by atoms with E-state index in [0.717, 1.165) is 5.56 Å². The lowest BCUT2D eigenvalue weighted by atomic mass is 10.1. The Hall–Kier alpha value is -1.06. The Labute approximate surface area is 100 Å². The maximum Gasteiger partial charge on any atom is 0.304 e. The lowest BCUT2D eigenvalue weighted by Gasteiger charge is -2.19. The van der Waals surface area contributed by atoms with Crippen molar-refractivity contribution < 1.29 is 9.90 Å². The average Bonchev–Trinajstić information content (AvgIpc) is 2.16. The van der Waals surface area contributed by atoms with Gasteiger partial charge < -0.3 is 10.4 Å². The number of carboxylic acid groups (broad SMARTS) is 1. The van der Waals surface area contributed by atoms with Crippen LogP contribution in [0.3, 0.4) is 0 Å². The van der Waals surface area contributed by atoms with Gasteiger partial charge in [0, 0.05) is 17.1 Å². The van der Waals surface area contributed by atoms with Gasteiger partial charge in [0.05, 0.1) is 6.42 Å². The highest BCUT2D eigenvalue weighted by molar-refractivity contribution is 6.30. The van der Waals surface area contributed by atoms with Crippen LogP contribution in [0, 0.1) is 0 Å². The Morgan fingerprint density at radius 1 is 1.50 bits per heavy atom. The van der Waals surface area contributed by atoms with Crippen molar-refractivity contribution in [2.45, 2.75) is 32.4 Å². The SMILES string of the molecule is CC(CC(=O)O)N[C@H](C)c1cccc(Cl)c1. The van der Waals surface area contributed by atoms with E-state index in [-0.39, 0.29) is 18.5 Å². The van der Waals surface area contributed by atoms with E-state index in [1.165, 1.54) is 0 Å². The van der Waals surface area contributed by atoms with Crippen molar-refractivity contribution in [3.8, 4) is 0 Å². The van der Waals surface area contributed by atoms with E-state index in [4.69, 9.17) is 16.7 Å².